The van der Waals surface area contributed by atoms with Gasteiger partial charge in [-0.2, -0.15) is 0 Å². The smallest absolute Gasteiger partial charge is 0.269 e. The van der Waals surface area contributed by atoms with Crippen LogP contribution in [0.4, 0.5) is 0 Å². The van der Waals surface area contributed by atoms with Crippen molar-refractivity contribution in [2.24, 2.45) is 0 Å². The van der Waals surface area contributed by atoms with E-state index >= 15 is 0 Å². The van der Waals surface area contributed by atoms with E-state index in [2.05, 4.69) is 26.1 Å². The fourth-order valence-corrected chi connectivity index (χ4v) is 3.81. The van der Waals surface area contributed by atoms with E-state index in [4.69, 9.17) is 4.74 Å². The summed E-state index contributed by atoms with van der Waals surface area (Å²) in [4.78, 5) is 45.1. The van der Waals surface area contributed by atoms with Crippen molar-refractivity contribution in [3.63, 3.8) is 0 Å². The molecule has 1 aromatic heterocycles. The SMILES string of the molecule is COc1ccc(C(=O)NCC(=O)NNC(=O)c2ccc(CSc3nc(C)cc(C)n3)cc2)cc1. The highest BCUT2D eigenvalue weighted by Gasteiger charge is 2.11. The van der Waals surface area contributed by atoms with Crippen LogP contribution in [0.1, 0.15) is 37.7 Å². The van der Waals surface area contributed by atoms with Gasteiger partial charge in [-0.3, -0.25) is 25.2 Å². The summed E-state index contributed by atoms with van der Waals surface area (Å²) in [5.41, 5.74) is 8.25. The summed E-state index contributed by atoms with van der Waals surface area (Å²) in [6, 6.07) is 15.4. The summed E-state index contributed by atoms with van der Waals surface area (Å²) in [7, 11) is 1.53. The van der Waals surface area contributed by atoms with Gasteiger partial charge in [-0.25, -0.2) is 9.97 Å². The molecule has 10 heteroatoms. The molecule has 0 unspecified atom stereocenters. The van der Waals surface area contributed by atoms with Crippen LogP contribution in [0.15, 0.2) is 59.8 Å². The first-order valence-corrected chi connectivity index (χ1v) is 11.4. The number of thioether (sulfide) groups is 1. The average Bonchev–Trinajstić information content (AvgIpc) is 2.84. The predicted molar refractivity (Wildman–Crippen MR) is 128 cm³/mol. The fraction of sp³-hybridized carbons (Fsp3) is 0.208. The topological polar surface area (TPSA) is 122 Å². The molecule has 9 nitrogen and oxygen atoms in total. The lowest BCUT2D eigenvalue weighted by molar-refractivity contribution is -0.120. The summed E-state index contributed by atoms with van der Waals surface area (Å²) in [5.74, 6) is -0.151. The molecule has 0 bridgehead atoms. The number of nitrogens with zero attached hydrogens (tertiary/aromatic N) is 2. The van der Waals surface area contributed by atoms with Gasteiger partial charge in [0.15, 0.2) is 5.16 Å². The Kier molecular flexibility index (Phi) is 8.58. The zero-order valence-electron chi connectivity index (χ0n) is 19.0. The minimum Gasteiger partial charge on any atom is -0.497 e. The van der Waals surface area contributed by atoms with E-state index in [-0.39, 0.29) is 6.54 Å². The number of carbonyl (C=O) groups excluding carboxylic acids is 3. The zero-order valence-corrected chi connectivity index (χ0v) is 19.9. The minimum absolute atomic E-state index is 0.290. The van der Waals surface area contributed by atoms with Gasteiger partial charge in [0.05, 0.1) is 13.7 Å². The number of rotatable bonds is 8. The molecule has 34 heavy (non-hydrogen) atoms. The molecule has 176 valence electrons. The standard InChI is InChI=1S/C24H25N5O4S/c1-15-12-16(2)27-24(26-15)34-14-17-4-6-19(7-5-17)23(32)29-28-21(30)13-25-22(31)18-8-10-20(33-3)11-9-18/h4-12H,13-14H2,1-3H3,(H,25,31)(H,28,30)(H,29,32). The molecule has 0 aliphatic carbocycles. The van der Waals surface area contributed by atoms with Crippen molar-refractivity contribution in [2.45, 2.75) is 24.8 Å². The first-order valence-electron chi connectivity index (χ1n) is 10.4. The minimum atomic E-state index is -0.559. The molecule has 0 fully saturated rings. The van der Waals surface area contributed by atoms with E-state index in [1.807, 2.05) is 32.0 Å². The maximum Gasteiger partial charge on any atom is 0.269 e. The van der Waals surface area contributed by atoms with Crippen LogP contribution in [-0.2, 0) is 10.5 Å². The third-order valence-electron chi connectivity index (χ3n) is 4.62. The number of benzene rings is 2. The van der Waals surface area contributed by atoms with Gasteiger partial charge in [0.25, 0.3) is 17.7 Å². The summed E-state index contributed by atoms with van der Waals surface area (Å²) in [5, 5.41) is 3.20. The summed E-state index contributed by atoms with van der Waals surface area (Å²) in [6.45, 7) is 3.57. The largest absolute Gasteiger partial charge is 0.497 e. The monoisotopic (exact) mass is 479 g/mol. The Hall–Kier alpha value is -3.92. The summed E-state index contributed by atoms with van der Waals surface area (Å²) >= 11 is 1.52. The van der Waals surface area contributed by atoms with Crippen LogP contribution in [0.2, 0.25) is 0 Å². The van der Waals surface area contributed by atoms with E-state index in [9.17, 15) is 14.4 Å². The van der Waals surface area contributed by atoms with Gasteiger partial charge < -0.3 is 10.1 Å². The van der Waals surface area contributed by atoms with Gasteiger partial charge in [0, 0.05) is 28.3 Å². The van der Waals surface area contributed by atoms with Gasteiger partial charge in [0.1, 0.15) is 5.75 Å². The second-order valence-corrected chi connectivity index (χ2v) is 8.27. The van der Waals surface area contributed by atoms with Crippen LogP contribution in [0.5, 0.6) is 5.75 Å². The number of carbonyl (C=O) groups is 3. The highest BCUT2D eigenvalue weighted by Crippen LogP contribution is 2.20. The Labute approximate surface area is 201 Å². The normalized spacial score (nSPS) is 10.3. The average molecular weight is 480 g/mol. The lowest BCUT2D eigenvalue weighted by Crippen LogP contribution is -2.46. The number of hydrazine groups is 1. The van der Waals surface area contributed by atoms with Crippen LogP contribution in [0.25, 0.3) is 0 Å². The molecule has 3 N–H and O–H groups in total. The zero-order chi connectivity index (χ0) is 24.5. The van der Waals surface area contributed by atoms with E-state index < -0.39 is 17.7 Å². The van der Waals surface area contributed by atoms with Crippen molar-refractivity contribution in [1.82, 2.24) is 26.1 Å². The molecule has 0 spiro atoms. The predicted octanol–water partition coefficient (Wildman–Crippen LogP) is 2.59. The molecular formula is C24H25N5O4S. The van der Waals surface area contributed by atoms with Crippen molar-refractivity contribution in [3.05, 3.63) is 82.7 Å². The molecule has 3 amide bonds. The van der Waals surface area contributed by atoms with Crippen molar-refractivity contribution < 1.29 is 19.1 Å². The first kappa shape index (κ1) is 24.7. The highest BCUT2D eigenvalue weighted by atomic mass is 32.2. The molecule has 0 aliphatic heterocycles. The van der Waals surface area contributed by atoms with Crippen LogP contribution in [0, 0.1) is 13.8 Å². The second kappa shape index (κ2) is 11.8. The van der Waals surface area contributed by atoms with Gasteiger partial charge in [-0.05, 0) is 61.9 Å². The third-order valence-corrected chi connectivity index (χ3v) is 5.54. The van der Waals surface area contributed by atoms with E-state index in [0.717, 1.165) is 17.0 Å². The van der Waals surface area contributed by atoms with Crippen LogP contribution >= 0.6 is 11.8 Å². The van der Waals surface area contributed by atoms with E-state index in [1.54, 1.807) is 36.4 Å². The van der Waals surface area contributed by atoms with Crippen molar-refractivity contribution >= 4 is 29.5 Å². The third kappa shape index (κ3) is 7.31. The number of aromatic nitrogens is 2. The Bertz CT molecular complexity index is 1150. The van der Waals surface area contributed by atoms with Crippen LogP contribution in [-0.4, -0.2) is 41.3 Å². The number of methoxy groups -OCH3 is 1. The number of hydrogen-bond acceptors (Lipinski definition) is 7. The summed E-state index contributed by atoms with van der Waals surface area (Å²) < 4.78 is 5.04. The fourth-order valence-electron chi connectivity index (χ4n) is 2.91. The van der Waals surface area contributed by atoms with E-state index in [0.29, 0.717) is 27.8 Å². The molecule has 1 heterocycles. The first-order chi connectivity index (χ1) is 16.3. The quantitative estimate of drug-likeness (QED) is 0.258. The Balaban J connectivity index is 1.42. The van der Waals surface area contributed by atoms with Gasteiger partial charge >= 0.3 is 0 Å². The van der Waals surface area contributed by atoms with Crippen molar-refractivity contribution in [3.8, 4) is 5.75 Å². The number of aryl methyl sites for hydroxylation is 2. The Morgan fingerprint density at radius 3 is 2.06 bits per heavy atom. The Morgan fingerprint density at radius 2 is 1.44 bits per heavy atom. The van der Waals surface area contributed by atoms with Crippen molar-refractivity contribution in [1.29, 1.82) is 0 Å². The van der Waals surface area contributed by atoms with Crippen LogP contribution in [0.3, 0.4) is 0 Å². The number of nitrogens with one attached hydrogen (secondary N) is 3. The lowest BCUT2D eigenvalue weighted by atomic mass is 10.1. The molecule has 2 aromatic carbocycles. The number of amides is 3. The van der Waals surface area contributed by atoms with Gasteiger partial charge in [-0.15, -0.1) is 0 Å². The Morgan fingerprint density at radius 1 is 0.853 bits per heavy atom. The molecule has 3 aromatic rings. The maximum atomic E-state index is 12.3. The molecule has 0 radical (unpaired) electrons. The summed E-state index contributed by atoms with van der Waals surface area (Å²) in [6.07, 6.45) is 0. The van der Waals surface area contributed by atoms with E-state index in [1.165, 1.54) is 18.9 Å². The molecule has 3 rings (SSSR count). The highest BCUT2D eigenvalue weighted by molar-refractivity contribution is 7.98. The number of ether oxygens (including phenoxy) is 1. The second-order valence-electron chi connectivity index (χ2n) is 7.33. The maximum absolute atomic E-state index is 12.3. The molecule has 0 saturated heterocycles. The molecule has 0 saturated carbocycles. The molecule has 0 aliphatic rings. The number of hydrogen-bond donors (Lipinski definition) is 3. The van der Waals surface area contributed by atoms with Crippen molar-refractivity contribution in [2.75, 3.05) is 13.7 Å². The molecule has 0 atom stereocenters. The lowest BCUT2D eigenvalue weighted by Gasteiger charge is -2.09. The van der Waals surface area contributed by atoms with Gasteiger partial charge in [0.2, 0.25) is 0 Å². The van der Waals surface area contributed by atoms with Crippen LogP contribution < -0.4 is 20.9 Å². The molecular weight excluding hydrogens is 454 g/mol. The van der Waals surface area contributed by atoms with Gasteiger partial charge in [-0.1, -0.05) is 23.9 Å².